The molecule has 0 atom stereocenters. The molecule has 0 unspecified atom stereocenters. The summed E-state index contributed by atoms with van der Waals surface area (Å²) < 4.78 is 37.1. The van der Waals surface area contributed by atoms with Gasteiger partial charge in [0, 0.05) is 13.1 Å². The van der Waals surface area contributed by atoms with Gasteiger partial charge in [-0.2, -0.15) is 13.2 Å². The third-order valence-corrected chi connectivity index (χ3v) is 2.75. The molecule has 6 heteroatoms. The van der Waals surface area contributed by atoms with Crippen LogP contribution in [0.2, 0.25) is 0 Å². The van der Waals surface area contributed by atoms with Crippen LogP contribution in [0.5, 0.6) is 0 Å². The van der Waals surface area contributed by atoms with Crippen LogP contribution < -0.4 is 10.6 Å². The van der Waals surface area contributed by atoms with Crippen molar-refractivity contribution in [3.63, 3.8) is 0 Å². The molecule has 20 heavy (non-hydrogen) atoms. The van der Waals surface area contributed by atoms with Crippen LogP contribution >= 0.6 is 0 Å². The van der Waals surface area contributed by atoms with Crippen LogP contribution in [0.3, 0.4) is 0 Å². The van der Waals surface area contributed by atoms with E-state index in [1.54, 1.807) is 0 Å². The van der Waals surface area contributed by atoms with Crippen molar-refractivity contribution in [2.75, 3.05) is 13.1 Å². The van der Waals surface area contributed by atoms with Gasteiger partial charge in [-0.25, -0.2) is 0 Å². The van der Waals surface area contributed by atoms with Crippen molar-refractivity contribution in [1.82, 2.24) is 10.6 Å². The molecule has 0 fully saturated rings. The fraction of sp³-hybridized carbons (Fsp3) is 0.500. The zero-order chi connectivity index (χ0) is 15.0. The van der Waals surface area contributed by atoms with Crippen molar-refractivity contribution < 1.29 is 18.0 Å². The summed E-state index contributed by atoms with van der Waals surface area (Å²) in [5.41, 5.74) is 0.0397. The topological polar surface area (TPSA) is 41.1 Å². The minimum absolute atomic E-state index is 0.106. The number of halogens is 3. The molecule has 1 aromatic carbocycles. The van der Waals surface area contributed by atoms with Crippen molar-refractivity contribution in [3.8, 4) is 0 Å². The predicted molar refractivity (Wildman–Crippen MR) is 71.1 cm³/mol. The van der Waals surface area contributed by atoms with E-state index >= 15 is 0 Å². The molecule has 0 radical (unpaired) electrons. The van der Waals surface area contributed by atoms with Crippen LogP contribution in [0.15, 0.2) is 24.3 Å². The number of benzene rings is 1. The Morgan fingerprint density at radius 3 is 2.40 bits per heavy atom. The maximum absolute atomic E-state index is 12.4. The van der Waals surface area contributed by atoms with Gasteiger partial charge in [0.05, 0.1) is 12.1 Å². The number of unbranched alkanes of at least 4 members (excludes halogenated alkanes) is 1. The SMILES string of the molecule is CCCCNC(=O)CNCc1ccc(C(F)(F)F)cc1. The molecule has 112 valence electrons. The van der Waals surface area contributed by atoms with Crippen LogP contribution in [0.25, 0.3) is 0 Å². The second kappa shape index (κ2) is 7.89. The van der Waals surface area contributed by atoms with Gasteiger partial charge in [-0.3, -0.25) is 4.79 Å². The van der Waals surface area contributed by atoms with Gasteiger partial charge in [0.2, 0.25) is 5.91 Å². The average molecular weight is 288 g/mol. The van der Waals surface area contributed by atoms with Crippen LogP contribution in [0, 0.1) is 0 Å². The molecular weight excluding hydrogens is 269 g/mol. The first-order valence-corrected chi connectivity index (χ1v) is 6.57. The fourth-order valence-electron chi connectivity index (χ4n) is 1.60. The van der Waals surface area contributed by atoms with Crippen LogP contribution in [0.4, 0.5) is 13.2 Å². The van der Waals surface area contributed by atoms with Crippen LogP contribution in [-0.4, -0.2) is 19.0 Å². The number of rotatable bonds is 7. The third kappa shape index (κ3) is 6.06. The lowest BCUT2D eigenvalue weighted by Crippen LogP contribution is -2.34. The van der Waals surface area contributed by atoms with E-state index in [0.717, 1.165) is 25.0 Å². The Bertz CT molecular complexity index is 415. The summed E-state index contributed by atoms with van der Waals surface area (Å²) in [7, 11) is 0. The molecule has 0 spiro atoms. The van der Waals surface area contributed by atoms with E-state index in [2.05, 4.69) is 10.6 Å². The molecule has 1 amide bonds. The van der Waals surface area contributed by atoms with Crippen molar-refractivity contribution in [2.24, 2.45) is 0 Å². The smallest absolute Gasteiger partial charge is 0.355 e. The fourth-order valence-corrected chi connectivity index (χ4v) is 1.60. The van der Waals surface area contributed by atoms with Gasteiger partial charge < -0.3 is 10.6 Å². The zero-order valence-electron chi connectivity index (χ0n) is 11.4. The highest BCUT2D eigenvalue weighted by Gasteiger charge is 2.29. The summed E-state index contributed by atoms with van der Waals surface area (Å²) >= 11 is 0. The lowest BCUT2D eigenvalue weighted by atomic mass is 10.1. The van der Waals surface area contributed by atoms with E-state index in [1.807, 2.05) is 6.92 Å². The molecule has 0 aliphatic carbocycles. The van der Waals surface area contributed by atoms with E-state index < -0.39 is 11.7 Å². The Hall–Kier alpha value is -1.56. The molecule has 0 aromatic heterocycles. The molecule has 1 rings (SSSR count). The molecule has 2 N–H and O–H groups in total. The lowest BCUT2D eigenvalue weighted by Gasteiger charge is -2.09. The summed E-state index contributed by atoms with van der Waals surface area (Å²) in [6, 6.07) is 4.90. The number of hydrogen-bond acceptors (Lipinski definition) is 2. The molecule has 0 bridgehead atoms. The minimum atomic E-state index is -4.31. The summed E-state index contributed by atoms with van der Waals surface area (Å²) in [5.74, 6) is -0.106. The van der Waals surface area contributed by atoms with Crippen molar-refractivity contribution in [3.05, 3.63) is 35.4 Å². The first kappa shape index (κ1) is 16.5. The number of amides is 1. The molecule has 0 heterocycles. The number of hydrogen-bond donors (Lipinski definition) is 2. The maximum Gasteiger partial charge on any atom is 0.416 e. The highest BCUT2D eigenvalue weighted by atomic mass is 19.4. The molecule has 3 nitrogen and oxygen atoms in total. The summed E-state index contributed by atoms with van der Waals surface area (Å²) in [6.07, 6.45) is -2.37. The summed E-state index contributed by atoms with van der Waals surface area (Å²) in [4.78, 5) is 11.4. The van der Waals surface area contributed by atoms with Gasteiger partial charge in [-0.1, -0.05) is 25.5 Å². The maximum atomic E-state index is 12.4. The quantitative estimate of drug-likeness (QED) is 0.757. The highest BCUT2D eigenvalue weighted by molar-refractivity contribution is 5.77. The first-order valence-electron chi connectivity index (χ1n) is 6.57. The predicted octanol–water partition coefficient (Wildman–Crippen LogP) is 2.71. The van der Waals surface area contributed by atoms with Gasteiger partial charge in [0.25, 0.3) is 0 Å². The molecule has 0 aliphatic rings. The second-order valence-electron chi connectivity index (χ2n) is 4.50. The van der Waals surface area contributed by atoms with Crippen molar-refractivity contribution >= 4 is 5.91 Å². The van der Waals surface area contributed by atoms with Crippen molar-refractivity contribution in [2.45, 2.75) is 32.5 Å². The van der Waals surface area contributed by atoms with Crippen LogP contribution in [-0.2, 0) is 17.5 Å². The monoisotopic (exact) mass is 288 g/mol. The first-order chi connectivity index (χ1) is 9.43. The summed E-state index contributed by atoms with van der Waals surface area (Å²) in [6.45, 7) is 3.20. The second-order valence-corrected chi connectivity index (χ2v) is 4.50. The normalized spacial score (nSPS) is 11.4. The number of alkyl halides is 3. The number of nitrogens with one attached hydrogen (secondary N) is 2. The minimum Gasteiger partial charge on any atom is -0.355 e. The third-order valence-electron chi connectivity index (χ3n) is 2.75. The van der Waals surface area contributed by atoms with Gasteiger partial charge in [0.15, 0.2) is 0 Å². The van der Waals surface area contributed by atoms with Gasteiger partial charge >= 0.3 is 6.18 Å². The molecule has 1 aromatic rings. The Morgan fingerprint density at radius 2 is 1.85 bits per heavy atom. The number of carbonyl (C=O) groups is 1. The van der Waals surface area contributed by atoms with Gasteiger partial charge in [-0.05, 0) is 24.1 Å². The Morgan fingerprint density at radius 1 is 1.20 bits per heavy atom. The molecular formula is C14H19F3N2O. The van der Waals surface area contributed by atoms with E-state index in [-0.39, 0.29) is 12.5 Å². The van der Waals surface area contributed by atoms with Crippen molar-refractivity contribution in [1.29, 1.82) is 0 Å². The standard InChI is InChI=1S/C14H19F3N2O/c1-2-3-8-19-13(20)10-18-9-11-4-6-12(7-5-11)14(15,16)17/h4-7,18H,2-3,8-10H2,1H3,(H,19,20). The Balaban J connectivity index is 2.30. The average Bonchev–Trinajstić information content (AvgIpc) is 2.38. The van der Waals surface area contributed by atoms with E-state index in [4.69, 9.17) is 0 Å². The van der Waals surface area contributed by atoms with Crippen LogP contribution in [0.1, 0.15) is 30.9 Å². The zero-order valence-corrected chi connectivity index (χ0v) is 11.4. The Kier molecular flexibility index (Phi) is 6.51. The molecule has 0 saturated heterocycles. The van der Waals surface area contributed by atoms with E-state index in [0.29, 0.717) is 18.7 Å². The molecule has 0 saturated carbocycles. The number of carbonyl (C=O) groups excluding carboxylic acids is 1. The van der Waals surface area contributed by atoms with Gasteiger partial charge in [-0.15, -0.1) is 0 Å². The summed E-state index contributed by atoms with van der Waals surface area (Å²) in [5, 5.41) is 5.64. The lowest BCUT2D eigenvalue weighted by molar-refractivity contribution is -0.137. The van der Waals surface area contributed by atoms with E-state index in [9.17, 15) is 18.0 Å². The van der Waals surface area contributed by atoms with E-state index in [1.165, 1.54) is 12.1 Å². The highest BCUT2D eigenvalue weighted by Crippen LogP contribution is 2.28. The Labute approximate surface area is 116 Å². The molecule has 0 aliphatic heterocycles. The van der Waals surface area contributed by atoms with Gasteiger partial charge in [0.1, 0.15) is 0 Å². The largest absolute Gasteiger partial charge is 0.416 e.